The van der Waals surface area contributed by atoms with E-state index >= 15 is 0 Å². The number of aromatic amines is 2. The zero-order valence-electron chi connectivity index (χ0n) is 14.7. The van der Waals surface area contributed by atoms with Gasteiger partial charge in [-0.1, -0.05) is 0 Å². The largest absolute Gasteiger partial charge is 0.493 e. The number of terminal acetylenes is 1. The summed E-state index contributed by atoms with van der Waals surface area (Å²) in [6, 6.07) is 1.63. The lowest BCUT2D eigenvalue weighted by molar-refractivity contribution is 0.381. The fourth-order valence-electron chi connectivity index (χ4n) is 1.83. The highest BCUT2D eigenvalue weighted by Gasteiger charge is 2.07. The van der Waals surface area contributed by atoms with E-state index in [9.17, 15) is 9.59 Å². The predicted octanol–water partition coefficient (Wildman–Crippen LogP) is -1.01. The molecule has 0 aliphatic rings. The molecule has 156 valence electrons. The van der Waals surface area contributed by atoms with E-state index in [1.807, 2.05) is 0 Å². The van der Waals surface area contributed by atoms with Crippen LogP contribution >= 0.6 is 0 Å². The molecule has 3 aromatic rings. The van der Waals surface area contributed by atoms with Crippen molar-refractivity contribution >= 4 is 33.4 Å². The van der Waals surface area contributed by atoms with Crippen molar-refractivity contribution in [3.63, 3.8) is 0 Å². The number of rotatable bonds is 1. The summed E-state index contributed by atoms with van der Waals surface area (Å²) in [6.07, 6.45) is 5.00. The Labute approximate surface area is 162 Å². The van der Waals surface area contributed by atoms with Gasteiger partial charge >= 0.3 is 10.4 Å². The van der Waals surface area contributed by atoms with Crippen molar-refractivity contribution in [2.45, 2.75) is 13.3 Å². The van der Waals surface area contributed by atoms with Crippen LogP contribution in [-0.4, -0.2) is 42.6 Å². The molecule has 15 heteroatoms. The molecule has 0 fully saturated rings. The zero-order valence-corrected chi connectivity index (χ0v) is 15.5. The third-order valence-corrected chi connectivity index (χ3v) is 2.83. The van der Waals surface area contributed by atoms with Gasteiger partial charge in [-0.25, -0.2) is 0 Å². The van der Waals surface area contributed by atoms with E-state index in [0.717, 1.165) is 0 Å². The predicted molar refractivity (Wildman–Crippen MR) is 101 cm³/mol. The molecule has 0 aliphatic carbocycles. The van der Waals surface area contributed by atoms with Crippen LogP contribution in [0.4, 0.5) is 11.9 Å². The zero-order chi connectivity index (χ0) is 22.4. The molecule has 0 bridgehead atoms. The summed E-state index contributed by atoms with van der Waals surface area (Å²) in [6.45, 7) is 1.75. The summed E-state index contributed by atoms with van der Waals surface area (Å²) in [5, 5.41) is 9.53. The van der Waals surface area contributed by atoms with Gasteiger partial charge in [0.15, 0.2) is 0 Å². The Bertz CT molecular complexity index is 1260. The molecular weight excluding hydrogens is 412 g/mol. The van der Waals surface area contributed by atoms with Crippen molar-refractivity contribution in [1.82, 2.24) is 19.9 Å². The lowest BCUT2D eigenvalue weighted by Crippen LogP contribution is -2.15. The molecule has 9 N–H and O–H groups in total. The fourth-order valence-corrected chi connectivity index (χ4v) is 1.83. The van der Waals surface area contributed by atoms with Gasteiger partial charge in [-0.3, -0.25) is 28.7 Å². The number of hydrogen-bond donors (Lipinski definition) is 7. The topological polar surface area (TPSA) is 252 Å². The van der Waals surface area contributed by atoms with Crippen LogP contribution in [0.2, 0.25) is 0 Å². The summed E-state index contributed by atoms with van der Waals surface area (Å²) in [5.74, 6) is 2.41. The Morgan fingerprint density at radius 1 is 1.17 bits per heavy atom. The first kappa shape index (κ1) is 23.2. The minimum absolute atomic E-state index is 0.0362. The third kappa shape index (κ3) is 7.72. The molecule has 0 unspecified atom stereocenters. The van der Waals surface area contributed by atoms with Crippen molar-refractivity contribution in [1.29, 1.82) is 0 Å². The van der Waals surface area contributed by atoms with Crippen LogP contribution in [0.15, 0.2) is 20.1 Å². The summed E-state index contributed by atoms with van der Waals surface area (Å²) < 4.78 is 36.7. The normalized spacial score (nSPS) is 10.3. The van der Waals surface area contributed by atoms with Crippen LogP contribution in [0.5, 0.6) is 5.88 Å². The molecule has 0 aromatic carbocycles. The van der Waals surface area contributed by atoms with Crippen molar-refractivity contribution in [3.05, 3.63) is 38.1 Å². The Kier molecular flexibility index (Phi) is 7.48. The number of fused-ring (bicyclic) bond motifs is 1. The van der Waals surface area contributed by atoms with Gasteiger partial charge in [0.05, 0.1) is 5.56 Å². The highest BCUT2D eigenvalue weighted by Crippen LogP contribution is 2.12. The molecule has 0 radical (unpaired) electrons. The lowest BCUT2D eigenvalue weighted by Gasteiger charge is -1.98. The second-order valence-electron chi connectivity index (χ2n) is 5.11. The molecule has 0 amide bonds. The number of aryl methyl sites for hydroxylation is 1. The van der Waals surface area contributed by atoms with Crippen molar-refractivity contribution < 1.29 is 27.0 Å². The first-order valence-corrected chi connectivity index (χ1v) is 8.68. The van der Waals surface area contributed by atoms with Gasteiger partial charge in [0, 0.05) is 6.42 Å². The quantitative estimate of drug-likeness (QED) is 0.182. The van der Waals surface area contributed by atoms with Gasteiger partial charge in [0.2, 0.25) is 23.5 Å². The minimum atomic E-state index is -4.67. The van der Waals surface area contributed by atoms with Crippen molar-refractivity contribution in [2.75, 3.05) is 11.5 Å². The Balaban J connectivity index is 0.000000237. The van der Waals surface area contributed by atoms with E-state index in [1.54, 1.807) is 13.0 Å². The molecule has 0 aliphatic heterocycles. The van der Waals surface area contributed by atoms with Crippen LogP contribution in [0, 0.1) is 19.3 Å². The van der Waals surface area contributed by atoms with E-state index in [2.05, 4.69) is 25.9 Å². The SMILES string of the molecule is C#CCc1c(O)nc(N)[nH]c1=O.Cc1cc2c(=O)[nH]c(N)nc2o1.O=S(=O)(O)O. The van der Waals surface area contributed by atoms with Gasteiger partial charge in [-0.2, -0.15) is 18.4 Å². The van der Waals surface area contributed by atoms with Crippen LogP contribution in [0.1, 0.15) is 11.3 Å². The third-order valence-electron chi connectivity index (χ3n) is 2.83. The molecule has 29 heavy (non-hydrogen) atoms. The Hall–Kier alpha value is -3.87. The van der Waals surface area contributed by atoms with E-state index in [0.29, 0.717) is 11.1 Å². The van der Waals surface area contributed by atoms with E-state index < -0.39 is 21.8 Å². The number of nitrogens with zero attached hydrogens (tertiary/aromatic N) is 2. The first-order chi connectivity index (χ1) is 13.3. The summed E-state index contributed by atoms with van der Waals surface area (Å²) in [7, 11) is -4.67. The maximum absolute atomic E-state index is 11.2. The monoisotopic (exact) mass is 428 g/mol. The summed E-state index contributed by atoms with van der Waals surface area (Å²) >= 11 is 0. The molecule has 0 saturated carbocycles. The molecule has 3 heterocycles. The molecule has 0 atom stereocenters. The molecule has 0 saturated heterocycles. The van der Waals surface area contributed by atoms with Gasteiger partial charge in [-0.05, 0) is 13.0 Å². The molecule has 3 rings (SSSR count). The molecule has 3 aromatic heterocycles. The number of aromatic nitrogens is 4. The van der Waals surface area contributed by atoms with E-state index in [4.69, 9.17) is 44.9 Å². The number of furan rings is 1. The van der Waals surface area contributed by atoms with E-state index in [-0.39, 0.29) is 35.2 Å². The van der Waals surface area contributed by atoms with Gasteiger partial charge < -0.3 is 21.0 Å². The van der Waals surface area contributed by atoms with Gasteiger partial charge in [-0.15, -0.1) is 12.3 Å². The van der Waals surface area contributed by atoms with Crippen LogP contribution in [0.3, 0.4) is 0 Å². The van der Waals surface area contributed by atoms with Crippen molar-refractivity contribution in [2.24, 2.45) is 0 Å². The molecular formula is C14H16N6O8S. The number of nitrogens with two attached hydrogens (primary N) is 2. The number of H-pyrrole nitrogens is 2. The fraction of sp³-hybridized carbons (Fsp3) is 0.143. The van der Waals surface area contributed by atoms with Crippen LogP contribution < -0.4 is 22.6 Å². The summed E-state index contributed by atoms with van der Waals surface area (Å²) in [5.41, 5.74) is 10.0. The standard InChI is InChI=1S/2C7H7N3O2.H2O4S/c1-3-2-4-5(11)9-7(8)10-6(4)12-3;1-2-3-4-5(11)9-7(8)10-6(4)12;1-5(2,3)4/h2H,1H3,(H3,8,9,10,11);1H,3H2,(H4,8,9,10,11,12);(H2,1,2,3,4). The highest BCUT2D eigenvalue weighted by atomic mass is 32.3. The van der Waals surface area contributed by atoms with Crippen LogP contribution in [0.25, 0.3) is 11.1 Å². The van der Waals surface area contributed by atoms with Crippen LogP contribution in [-0.2, 0) is 16.8 Å². The number of nitrogens with one attached hydrogen (secondary N) is 2. The summed E-state index contributed by atoms with van der Waals surface area (Å²) in [4.78, 5) is 34.0. The number of hydrogen-bond acceptors (Lipinski definition) is 10. The average molecular weight is 428 g/mol. The lowest BCUT2D eigenvalue weighted by atomic mass is 10.2. The van der Waals surface area contributed by atoms with Gasteiger partial charge in [0.25, 0.3) is 11.1 Å². The van der Waals surface area contributed by atoms with Gasteiger partial charge in [0.1, 0.15) is 11.1 Å². The second-order valence-corrected chi connectivity index (χ2v) is 6.00. The maximum atomic E-state index is 11.2. The minimum Gasteiger partial charge on any atom is -0.493 e. The first-order valence-electron chi connectivity index (χ1n) is 7.28. The number of anilines is 2. The highest BCUT2D eigenvalue weighted by molar-refractivity contribution is 7.79. The Morgan fingerprint density at radius 3 is 2.21 bits per heavy atom. The second kappa shape index (κ2) is 9.36. The number of aromatic hydroxyl groups is 1. The molecule has 14 nitrogen and oxygen atoms in total. The number of nitrogen functional groups attached to an aromatic ring is 2. The smallest absolute Gasteiger partial charge is 0.394 e. The Morgan fingerprint density at radius 2 is 1.69 bits per heavy atom. The van der Waals surface area contributed by atoms with Crippen molar-refractivity contribution in [3.8, 4) is 18.2 Å². The average Bonchev–Trinajstić information content (AvgIpc) is 2.90. The van der Waals surface area contributed by atoms with E-state index in [1.165, 1.54) is 0 Å². The molecule has 0 spiro atoms. The maximum Gasteiger partial charge on any atom is 0.394 e.